The summed E-state index contributed by atoms with van der Waals surface area (Å²) in [5, 5.41) is 3.41. The number of amides is 2. The first-order chi connectivity index (χ1) is 15.0. The van der Waals surface area contributed by atoms with E-state index in [4.69, 9.17) is 11.6 Å². The number of halogens is 1. The average Bonchev–Trinajstić information content (AvgIpc) is 3.18. The zero-order chi connectivity index (χ0) is 21.8. The molecular weight excluding hydrogens is 412 g/mol. The fraction of sp³-hybridized carbons (Fsp3) is 0.160. The van der Waals surface area contributed by atoms with Crippen LogP contribution in [0.3, 0.4) is 0 Å². The second-order valence-electron chi connectivity index (χ2n) is 7.45. The van der Waals surface area contributed by atoms with E-state index in [-0.39, 0.29) is 17.6 Å². The predicted octanol–water partition coefficient (Wildman–Crippen LogP) is 4.95. The predicted molar refractivity (Wildman–Crippen MR) is 120 cm³/mol. The van der Waals surface area contributed by atoms with Gasteiger partial charge in [-0.05, 0) is 54.4 Å². The van der Waals surface area contributed by atoms with Gasteiger partial charge in [-0.1, -0.05) is 41.9 Å². The maximum Gasteiger partial charge on any atom is 0.256 e. The monoisotopic (exact) mass is 432 g/mol. The van der Waals surface area contributed by atoms with Crippen LogP contribution in [0.15, 0.2) is 72.8 Å². The molecule has 0 atom stereocenters. The number of nitrogens with zero attached hydrogens (tertiary/aromatic N) is 1. The van der Waals surface area contributed by atoms with Gasteiger partial charge >= 0.3 is 0 Å². The molecule has 5 nitrogen and oxygen atoms in total. The topological polar surface area (TPSA) is 66.5 Å². The van der Waals surface area contributed by atoms with E-state index in [1.165, 1.54) is 0 Å². The lowest BCUT2D eigenvalue weighted by Gasteiger charge is -2.16. The molecule has 1 aliphatic rings. The SMILES string of the molecule is O=C(Nc1cccc(CN2CCCC2=O)c1)c1ccccc1C(=O)c1ccc(Cl)cc1. The van der Waals surface area contributed by atoms with Crippen molar-refractivity contribution >= 4 is 34.9 Å². The maximum atomic E-state index is 13.0. The molecule has 2 amide bonds. The third kappa shape index (κ3) is 4.84. The van der Waals surface area contributed by atoms with Crippen LogP contribution >= 0.6 is 11.6 Å². The quantitative estimate of drug-likeness (QED) is 0.560. The van der Waals surface area contributed by atoms with Gasteiger partial charge < -0.3 is 10.2 Å². The van der Waals surface area contributed by atoms with Crippen molar-refractivity contribution < 1.29 is 14.4 Å². The van der Waals surface area contributed by atoms with Crippen LogP contribution in [0.1, 0.15) is 44.7 Å². The molecule has 156 valence electrons. The number of hydrogen-bond donors (Lipinski definition) is 1. The number of likely N-dealkylation sites (tertiary alicyclic amines) is 1. The summed E-state index contributed by atoms with van der Waals surface area (Å²) in [6.45, 7) is 1.28. The van der Waals surface area contributed by atoms with Crippen LogP contribution in [0.2, 0.25) is 5.02 Å². The van der Waals surface area contributed by atoms with Gasteiger partial charge in [0.25, 0.3) is 5.91 Å². The van der Waals surface area contributed by atoms with E-state index >= 15 is 0 Å². The number of hydrogen-bond acceptors (Lipinski definition) is 3. The highest BCUT2D eigenvalue weighted by Crippen LogP contribution is 2.20. The summed E-state index contributed by atoms with van der Waals surface area (Å²) in [6.07, 6.45) is 1.47. The van der Waals surface area contributed by atoms with Crippen molar-refractivity contribution in [2.24, 2.45) is 0 Å². The van der Waals surface area contributed by atoms with E-state index in [0.717, 1.165) is 18.5 Å². The van der Waals surface area contributed by atoms with Crippen LogP contribution in [0.4, 0.5) is 5.69 Å². The molecule has 3 aromatic carbocycles. The van der Waals surface area contributed by atoms with E-state index in [1.807, 2.05) is 23.1 Å². The number of ketones is 1. The summed E-state index contributed by atoms with van der Waals surface area (Å²) in [5.41, 5.74) is 2.63. The second kappa shape index (κ2) is 9.14. The van der Waals surface area contributed by atoms with Crippen molar-refractivity contribution in [3.05, 3.63) is 100 Å². The summed E-state index contributed by atoms with van der Waals surface area (Å²) in [7, 11) is 0. The van der Waals surface area contributed by atoms with Crippen LogP contribution < -0.4 is 5.32 Å². The molecule has 0 bridgehead atoms. The normalized spacial score (nSPS) is 13.3. The van der Waals surface area contributed by atoms with Crippen molar-refractivity contribution in [2.75, 3.05) is 11.9 Å². The third-order valence-electron chi connectivity index (χ3n) is 5.25. The zero-order valence-electron chi connectivity index (χ0n) is 16.8. The van der Waals surface area contributed by atoms with Crippen LogP contribution in [0.25, 0.3) is 0 Å². The molecule has 1 saturated heterocycles. The first kappa shape index (κ1) is 20.8. The molecule has 0 spiro atoms. The molecule has 0 saturated carbocycles. The number of carbonyl (C=O) groups is 3. The fourth-order valence-corrected chi connectivity index (χ4v) is 3.80. The molecule has 0 unspecified atom stereocenters. The average molecular weight is 433 g/mol. The second-order valence-corrected chi connectivity index (χ2v) is 7.89. The minimum absolute atomic E-state index is 0.157. The number of anilines is 1. The highest BCUT2D eigenvalue weighted by atomic mass is 35.5. The lowest BCUT2D eigenvalue weighted by atomic mass is 9.98. The molecule has 31 heavy (non-hydrogen) atoms. The summed E-state index contributed by atoms with van der Waals surface area (Å²) < 4.78 is 0. The minimum atomic E-state index is -0.368. The number of rotatable bonds is 6. The zero-order valence-corrected chi connectivity index (χ0v) is 17.6. The number of carbonyl (C=O) groups excluding carboxylic acids is 3. The van der Waals surface area contributed by atoms with Crippen LogP contribution in [0, 0.1) is 0 Å². The van der Waals surface area contributed by atoms with Crippen LogP contribution in [-0.4, -0.2) is 29.0 Å². The van der Waals surface area contributed by atoms with Crippen molar-refractivity contribution in [3.8, 4) is 0 Å². The molecule has 0 aromatic heterocycles. The van der Waals surface area contributed by atoms with Gasteiger partial charge in [0.2, 0.25) is 5.91 Å². The molecule has 0 radical (unpaired) electrons. The van der Waals surface area contributed by atoms with Gasteiger partial charge in [0.05, 0.1) is 5.56 Å². The summed E-state index contributed by atoms with van der Waals surface area (Å²) in [5.74, 6) is -0.458. The Bertz CT molecular complexity index is 1140. The Kier molecular flexibility index (Phi) is 6.14. The van der Waals surface area contributed by atoms with E-state index in [0.29, 0.717) is 40.4 Å². The van der Waals surface area contributed by atoms with Crippen LogP contribution in [-0.2, 0) is 11.3 Å². The summed E-state index contributed by atoms with van der Waals surface area (Å²) >= 11 is 5.91. The number of nitrogens with one attached hydrogen (secondary N) is 1. The Morgan fingerprint density at radius 2 is 1.68 bits per heavy atom. The van der Waals surface area contributed by atoms with Crippen molar-refractivity contribution in [2.45, 2.75) is 19.4 Å². The Labute approximate surface area is 185 Å². The first-order valence-electron chi connectivity index (χ1n) is 10.1. The summed E-state index contributed by atoms with van der Waals surface area (Å²) in [6, 6.07) is 20.7. The van der Waals surface area contributed by atoms with E-state index in [9.17, 15) is 14.4 Å². The molecular formula is C25H21ClN2O3. The van der Waals surface area contributed by atoms with E-state index < -0.39 is 0 Å². The van der Waals surface area contributed by atoms with Crippen molar-refractivity contribution in [1.82, 2.24) is 4.90 Å². The number of benzene rings is 3. The smallest absolute Gasteiger partial charge is 0.256 e. The largest absolute Gasteiger partial charge is 0.338 e. The van der Waals surface area contributed by atoms with E-state index in [2.05, 4.69) is 5.32 Å². The van der Waals surface area contributed by atoms with Crippen LogP contribution in [0.5, 0.6) is 0 Å². The Hall–Kier alpha value is -3.44. The Morgan fingerprint density at radius 1 is 0.935 bits per heavy atom. The Balaban J connectivity index is 1.53. The van der Waals surface area contributed by atoms with Gasteiger partial charge in [0, 0.05) is 41.3 Å². The van der Waals surface area contributed by atoms with Gasteiger partial charge in [-0.2, -0.15) is 0 Å². The third-order valence-corrected chi connectivity index (χ3v) is 5.50. The highest BCUT2D eigenvalue weighted by molar-refractivity contribution is 6.30. The van der Waals surface area contributed by atoms with Gasteiger partial charge in [-0.15, -0.1) is 0 Å². The van der Waals surface area contributed by atoms with Crippen molar-refractivity contribution in [3.63, 3.8) is 0 Å². The fourth-order valence-electron chi connectivity index (χ4n) is 3.67. The standard InChI is InChI=1S/C25H21ClN2O3/c26-19-12-10-18(11-13-19)24(30)21-7-1-2-8-22(21)25(31)27-20-6-3-5-17(15-20)16-28-14-4-9-23(28)29/h1-3,5-8,10-13,15H,4,9,14,16H2,(H,27,31). The lowest BCUT2D eigenvalue weighted by molar-refractivity contribution is -0.128. The molecule has 1 N–H and O–H groups in total. The molecule has 1 fully saturated rings. The van der Waals surface area contributed by atoms with Gasteiger partial charge in [-0.3, -0.25) is 14.4 Å². The minimum Gasteiger partial charge on any atom is -0.338 e. The van der Waals surface area contributed by atoms with Gasteiger partial charge in [-0.25, -0.2) is 0 Å². The molecule has 0 aliphatic carbocycles. The lowest BCUT2D eigenvalue weighted by Crippen LogP contribution is -2.24. The van der Waals surface area contributed by atoms with Gasteiger partial charge in [0.15, 0.2) is 5.78 Å². The molecule has 1 heterocycles. The maximum absolute atomic E-state index is 13.0. The first-order valence-corrected chi connectivity index (χ1v) is 10.5. The summed E-state index contributed by atoms with van der Waals surface area (Å²) in [4.78, 5) is 39.6. The highest BCUT2D eigenvalue weighted by Gasteiger charge is 2.21. The molecule has 1 aliphatic heterocycles. The Morgan fingerprint density at radius 3 is 2.39 bits per heavy atom. The van der Waals surface area contributed by atoms with E-state index in [1.54, 1.807) is 54.6 Å². The molecule has 3 aromatic rings. The molecule has 6 heteroatoms. The van der Waals surface area contributed by atoms with Gasteiger partial charge in [0.1, 0.15) is 0 Å². The van der Waals surface area contributed by atoms with Crippen molar-refractivity contribution in [1.29, 1.82) is 0 Å². The molecule has 4 rings (SSSR count).